The molecule has 6 nitrogen and oxygen atoms in total. The number of aliphatic carboxylic acids is 1. The molecule has 0 heterocycles. The summed E-state index contributed by atoms with van der Waals surface area (Å²) < 4.78 is 32.7. The van der Waals surface area contributed by atoms with E-state index in [1.54, 1.807) is 30.3 Å². The van der Waals surface area contributed by atoms with Crippen LogP contribution in [0, 0.1) is 0 Å². The Hall–Kier alpha value is -2.32. The Labute approximate surface area is 154 Å². The summed E-state index contributed by atoms with van der Waals surface area (Å²) in [5, 5.41) is 9.15. The van der Waals surface area contributed by atoms with Crippen LogP contribution in [0.3, 0.4) is 0 Å². The first-order chi connectivity index (χ1) is 11.8. The number of ether oxygens (including phenoxy) is 1. The van der Waals surface area contributed by atoms with Gasteiger partial charge in [-0.2, -0.15) is 0 Å². The van der Waals surface area contributed by atoms with Gasteiger partial charge in [-0.25, -0.2) is 8.42 Å². The van der Waals surface area contributed by atoms with Crippen molar-refractivity contribution in [2.75, 3.05) is 17.5 Å². The zero-order chi connectivity index (χ0) is 18.4. The third kappa shape index (κ3) is 4.83. The number of hydrogen-bond acceptors (Lipinski definition) is 4. The predicted octanol–water partition coefficient (Wildman–Crippen LogP) is 3.29. The number of hydrogen-bond donors (Lipinski definition) is 1. The average molecular weight is 426 g/mol. The van der Waals surface area contributed by atoms with Crippen molar-refractivity contribution < 1.29 is 23.1 Å². The maximum absolute atomic E-state index is 12.9. The highest BCUT2D eigenvalue weighted by Gasteiger charge is 2.27. The lowest BCUT2D eigenvalue weighted by atomic mass is 10.3. The molecule has 1 N–H and O–H groups in total. The molecule has 2 rings (SSSR count). The molecule has 0 unspecified atom stereocenters. The highest BCUT2D eigenvalue weighted by Crippen LogP contribution is 2.27. The van der Waals surface area contributed by atoms with Gasteiger partial charge in [0.25, 0.3) is 10.0 Å². The maximum atomic E-state index is 12.9. The highest BCUT2D eigenvalue weighted by molar-refractivity contribution is 9.10. The first-order valence-electron chi connectivity index (χ1n) is 7.18. The van der Waals surface area contributed by atoms with Crippen molar-refractivity contribution in [2.24, 2.45) is 0 Å². The fourth-order valence-electron chi connectivity index (χ4n) is 2.06. The van der Waals surface area contributed by atoms with Crippen molar-refractivity contribution in [1.29, 1.82) is 0 Å². The molecule has 8 heteroatoms. The summed E-state index contributed by atoms with van der Waals surface area (Å²) in [4.78, 5) is 11.2. The molecule has 2 aromatic carbocycles. The number of halogens is 1. The summed E-state index contributed by atoms with van der Waals surface area (Å²) in [6.07, 6.45) is 1.56. The normalized spacial score (nSPS) is 10.9. The molecule has 0 saturated heterocycles. The molecular weight excluding hydrogens is 410 g/mol. The first-order valence-corrected chi connectivity index (χ1v) is 9.42. The van der Waals surface area contributed by atoms with Crippen molar-refractivity contribution in [1.82, 2.24) is 0 Å². The van der Waals surface area contributed by atoms with Crippen LogP contribution in [0.2, 0.25) is 0 Å². The van der Waals surface area contributed by atoms with Crippen molar-refractivity contribution in [3.05, 3.63) is 65.7 Å². The third-order valence-electron chi connectivity index (χ3n) is 3.15. The van der Waals surface area contributed by atoms with E-state index < -0.39 is 22.5 Å². The van der Waals surface area contributed by atoms with Crippen LogP contribution in [0.1, 0.15) is 0 Å². The molecule has 132 valence electrons. The molecule has 0 amide bonds. The SMILES string of the molecule is C=CCOc1cccc(N(CC(=O)O)S(=O)(=O)c2ccc(Br)cc2)c1. The van der Waals surface area contributed by atoms with Crippen LogP contribution in [-0.2, 0) is 14.8 Å². The second kappa shape index (κ2) is 8.17. The van der Waals surface area contributed by atoms with Gasteiger partial charge in [-0.1, -0.05) is 34.7 Å². The Balaban J connectivity index is 2.47. The molecule has 0 bridgehead atoms. The van der Waals surface area contributed by atoms with Crippen molar-refractivity contribution in [3.63, 3.8) is 0 Å². The molecule has 0 aliphatic heterocycles. The standard InChI is InChI=1S/C17H16BrNO5S/c1-2-10-24-15-5-3-4-14(11-15)19(12-17(20)21)25(22,23)16-8-6-13(18)7-9-16/h2-9,11H,1,10,12H2,(H,20,21). The molecule has 0 atom stereocenters. The van der Waals surface area contributed by atoms with Crippen LogP contribution in [0.25, 0.3) is 0 Å². The lowest BCUT2D eigenvalue weighted by Crippen LogP contribution is -2.35. The van der Waals surface area contributed by atoms with E-state index in [9.17, 15) is 13.2 Å². The Bertz CT molecular complexity index is 865. The van der Waals surface area contributed by atoms with Crippen molar-refractivity contribution >= 4 is 37.6 Å². The van der Waals surface area contributed by atoms with Crippen LogP contribution >= 0.6 is 15.9 Å². The van der Waals surface area contributed by atoms with Gasteiger partial charge >= 0.3 is 5.97 Å². The second-order valence-corrected chi connectivity index (χ2v) is 7.73. The summed E-state index contributed by atoms with van der Waals surface area (Å²) in [6, 6.07) is 12.2. The van der Waals surface area contributed by atoms with Crippen LogP contribution in [0.5, 0.6) is 5.75 Å². The Morgan fingerprint density at radius 3 is 2.52 bits per heavy atom. The molecular formula is C17H16BrNO5S. The molecule has 0 radical (unpaired) electrons. The van der Waals surface area contributed by atoms with Crippen molar-refractivity contribution in [2.45, 2.75) is 4.90 Å². The summed E-state index contributed by atoms with van der Waals surface area (Å²) in [5.74, 6) is -0.850. The minimum absolute atomic E-state index is 0.00522. The number of rotatable bonds is 8. The zero-order valence-corrected chi connectivity index (χ0v) is 15.5. The van der Waals surface area contributed by atoms with Crippen LogP contribution in [0.15, 0.2) is 70.6 Å². The molecule has 0 fully saturated rings. The predicted molar refractivity (Wildman–Crippen MR) is 98.4 cm³/mol. The molecule has 2 aromatic rings. The topological polar surface area (TPSA) is 83.9 Å². The summed E-state index contributed by atoms with van der Waals surface area (Å²) in [7, 11) is -4.05. The van der Waals surface area contributed by atoms with Gasteiger partial charge < -0.3 is 9.84 Å². The minimum Gasteiger partial charge on any atom is -0.489 e. The lowest BCUT2D eigenvalue weighted by molar-refractivity contribution is -0.135. The summed E-state index contributed by atoms with van der Waals surface area (Å²) in [6.45, 7) is 3.09. The van der Waals surface area contributed by atoms with Gasteiger partial charge in [-0.3, -0.25) is 9.10 Å². The van der Waals surface area contributed by atoms with Crippen LogP contribution in [-0.4, -0.2) is 32.6 Å². The van der Waals surface area contributed by atoms with E-state index in [2.05, 4.69) is 22.5 Å². The zero-order valence-electron chi connectivity index (χ0n) is 13.1. The van der Waals surface area contributed by atoms with E-state index in [-0.39, 0.29) is 17.2 Å². The van der Waals surface area contributed by atoms with E-state index in [0.29, 0.717) is 5.75 Å². The number of carboxylic acid groups (broad SMARTS) is 1. The van der Waals surface area contributed by atoms with Gasteiger partial charge in [0, 0.05) is 10.5 Å². The number of nitrogens with zero attached hydrogens (tertiary/aromatic N) is 1. The number of benzene rings is 2. The molecule has 25 heavy (non-hydrogen) atoms. The van der Waals surface area contributed by atoms with Crippen LogP contribution in [0.4, 0.5) is 5.69 Å². The van der Waals surface area contributed by atoms with E-state index >= 15 is 0 Å². The largest absolute Gasteiger partial charge is 0.489 e. The minimum atomic E-state index is -4.05. The van der Waals surface area contributed by atoms with Gasteiger partial charge in [0.2, 0.25) is 0 Å². The van der Waals surface area contributed by atoms with E-state index in [1.165, 1.54) is 24.3 Å². The van der Waals surface area contributed by atoms with Gasteiger partial charge in [0.05, 0.1) is 10.6 Å². The second-order valence-electron chi connectivity index (χ2n) is 4.96. The molecule has 0 aromatic heterocycles. The summed E-state index contributed by atoms with van der Waals surface area (Å²) >= 11 is 3.24. The monoisotopic (exact) mass is 425 g/mol. The number of carboxylic acids is 1. The highest BCUT2D eigenvalue weighted by atomic mass is 79.9. The fraction of sp³-hybridized carbons (Fsp3) is 0.118. The van der Waals surface area contributed by atoms with E-state index in [1.807, 2.05) is 0 Å². The smallest absolute Gasteiger partial charge is 0.324 e. The molecule has 0 aliphatic carbocycles. The van der Waals surface area contributed by atoms with E-state index in [0.717, 1.165) is 8.78 Å². The van der Waals surface area contributed by atoms with Gasteiger partial charge in [-0.15, -0.1) is 0 Å². The number of carbonyl (C=O) groups is 1. The van der Waals surface area contributed by atoms with Crippen LogP contribution < -0.4 is 9.04 Å². The Morgan fingerprint density at radius 1 is 1.24 bits per heavy atom. The first kappa shape index (κ1) is 19.0. The molecule has 0 aliphatic rings. The number of anilines is 1. The van der Waals surface area contributed by atoms with Crippen molar-refractivity contribution in [3.8, 4) is 5.75 Å². The number of sulfonamides is 1. The van der Waals surface area contributed by atoms with Gasteiger partial charge in [0.15, 0.2) is 0 Å². The van der Waals surface area contributed by atoms with Gasteiger partial charge in [-0.05, 0) is 36.4 Å². The fourth-order valence-corrected chi connectivity index (χ4v) is 3.73. The lowest BCUT2D eigenvalue weighted by Gasteiger charge is -2.23. The third-order valence-corrected chi connectivity index (χ3v) is 5.47. The van der Waals surface area contributed by atoms with E-state index in [4.69, 9.17) is 9.84 Å². The molecule has 0 saturated carbocycles. The Morgan fingerprint density at radius 2 is 1.92 bits per heavy atom. The maximum Gasteiger partial charge on any atom is 0.324 e. The summed E-state index contributed by atoms with van der Waals surface area (Å²) in [5.41, 5.74) is 0.201. The average Bonchev–Trinajstić information content (AvgIpc) is 2.58. The quantitative estimate of drug-likeness (QED) is 0.655. The molecule has 0 spiro atoms. The Kier molecular flexibility index (Phi) is 6.22. The van der Waals surface area contributed by atoms with Gasteiger partial charge in [0.1, 0.15) is 18.9 Å².